The summed E-state index contributed by atoms with van der Waals surface area (Å²) < 4.78 is 42.0. The van der Waals surface area contributed by atoms with Crippen LogP contribution in [0, 0.1) is 29.3 Å². The Morgan fingerprint density at radius 3 is 2.55 bits per heavy atom. The number of H-pyrrole nitrogens is 1. The number of benzene rings is 2. The Morgan fingerprint density at radius 1 is 1.15 bits per heavy atom. The van der Waals surface area contributed by atoms with E-state index >= 15 is 0 Å². The molecule has 1 amide bonds. The molecule has 0 aliphatic heterocycles. The molecule has 4 rings (SSSR count). The van der Waals surface area contributed by atoms with Crippen molar-refractivity contribution < 1.29 is 23.1 Å². The Labute approximate surface area is 191 Å². The number of rotatable bonds is 9. The lowest BCUT2D eigenvalue weighted by atomic mass is 9.70. The van der Waals surface area contributed by atoms with Crippen molar-refractivity contribution in [2.24, 2.45) is 11.8 Å². The van der Waals surface area contributed by atoms with Gasteiger partial charge in [0.15, 0.2) is 0 Å². The van der Waals surface area contributed by atoms with Crippen LogP contribution in [-0.4, -0.2) is 29.1 Å². The number of aliphatic hydroxyl groups excluding tert-OH is 1. The summed E-state index contributed by atoms with van der Waals surface area (Å²) in [5.74, 6) is -1.58. The van der Waals surface area contributed by atoms with Gasteiger partial charge in [0.2, 0.25) is 5.91 Å². The zero-order valence-corrected chi connectivity index (χ0v) is 18.6. The first-order chi connectivity index (χ1) is 15.9. The highest BCUT2D eigenvalue weighted by Gasteiger charge is 2.38. The quantitative estimate of drug-likeness (QED) is 0.387. The molecule has 2 aromatic carbocycles. The number of carbonyl (C=O) groups excluding carboxylic acids is 1. The highest BCUT2D eigenvalue weighted by atomic mass is 19.1. The van der Waals surface area contributed by atoms with Gasteiger partial charge in [0.1, 0.15) is 17.5 Å². The SMILES string of the molecule is CCC(CCCO)CNC(=O)[C@H]1C[C@H](c2c(-c3ccc(F)cc3)[nH]c3c(F)cc(F)cc32)C1. The monoisotopic (exact) mass is 458 g/mol. The third-order valence-corrected chi connectivity index (χ3v) is 6.83. The molecule has 7 heteroatoms. The van der Waals surface area contributed by atoms with Crippen LogP contribution in [0.2, 0.25) is 0 Å². The summed E-state index contributed by atoms with van der Waals surface area (Å²) in [7, 11) is 0. The highest BCUT2D eigenvalue weighted by molar-refractivity contribution is 5.92. The molecule has 1 fully saturated rings. The number of aromatic amines is 1. The van der Waals surface area contributed by atoms with Crippen LogP contribution < -0.4 is 5.32 Å². The number of hydrogen-bond acceptors (Lipinski definition) is 2. The van der Waals surface area contributed by atoms with Gasteiger partial charge in [0.05, 0.1) is 11.2 Å². The van der Waals surface area contributed by atoms with Gasteiger partial charge in [-0.05, 0) is 79.0 Å². The fourth-order valence-corrected chi connectivity index (χ4v) is 4.80. The van der Waals surface area contributed by atoms with E-state index in [4.69, 9.17) is 5.11 Å². The zero-order valence-electron chi connectivity index (χ0n) is 18.6. The molecule has 1 aliphatic carbocycles. The molecule has 0 saturated heterocycles. The summed E-state index contributed by atoms with van der Waals surface area (Å²) in [4.78, 5) is 15.7. The second-order valence-electron chi connectivity index (χ2n) is 8.98. The van der Waals surface area contributed by atoms with Crippen molar-refractivity contribution in [3.63, 3.8) is 0 Å². The largest absolute Gasteiger partial charge is 0.396 e. The van der Waals surface area contributed by atoms with E-state index in [0.717, 1.165) is 30.9 Å². The molecule has 0 radical (unpaired) electrons. The van der Waals surface area contributed by atoms with Gasteiger partial charge in [-0.2, -0.15) is 0 Å². The Bertz CT molecular complexity index is 1120. The van der Waals surface area contributed by atoms with E-state index in [9.17, 15) is 18.0 Å². The lowest BCUT2D eigenvalue weighted by Crippen LogP contribution is -2.40. The van der Waals surface area contributed by atoms with Crippen LogP contribution in [0.5, 0.6) is 0 Å². The minimum atomic E-state index is -0.679. The molecule has 1 aromatic heterocycles. The molecule has 1 saturated carbocycles. The van der Waals surface area contributed by atoms with Gasteiger partial charge in [0.25, 0.3) is 0 Å². The van der Waals surface area contributed by atoms with Gasteiger partial charge in [-0.3, -0.25) is 4.79 Å². The Kier molecular flexibility index (Phi) is 7.08. The predicted octanol–water partition coefficient (Wildman–Crippen LogP) is 5.66. The number of amides is 1. The summed E-state index contributed by atoms with van der Waals surface area (Å²) in [6.07, 6.45) is 3.69. The predicted molar refractivity (Wildman–Crippen MR) is 122 cm³/mol. The maximum Gasteiger partial charge on any atom is 0.223 e. The third-order valence-electron chi connectivity index (χ3n) is 6.83. The topological polar surface area (TPSA) is 65.1 Å². The van der Waals surface area contributed by atoms with Crippen molar-refractivity contribution in [1.29, 1.82) is 0 Å². The van der Waals surface area contributed by atoms with E-state index in [2.05, 4.69) is 17.2 Å². The maximum atomic E-state index is 14.5. The molecule has 176 valence electrons. The zero-order chi connectivity index (χ0) is 23.5. The van der Waals surface area contributed by atoms with Crippen molar-refractivity contribution >= 4 is 16.8 Å². The number of aliphatic hydroxyl groups is 1. The average molecular weight is 459 g/mol. The van der Waals surface area contributed by atoms with Crippen LogP contribution in [0.4, 0.5) is 13.2 Å². The summed E-state index contributed by atoms with van der Waals surface area (Å²) >= 11 is 0. The smallest absolute Gasteiger partial charge is 0.223 e. The average Bonchev–Trinajstić information content (AvgIpc) is 3.13. The Hall–Kier alpha value is -2.80. The number of fused-ring (bicyclic) bond motifs is 1. The number of hydrogen-bond donors (Lipinski definition) is 3. The van der Waals surface area contributed by atoms with Gasteiger partial charge < -0.3 is 15.4 Å². The summed E-state index contributed by atoms with van der Waals surface area (Å²) in [5, 5.41) is 12.5. The fourth-order valence-electron chi connectivity index (χ4n) is 4.80. The standard InChI is InChI=1S/C26H29F3N2O2/c1-2-15(4-3-9-32)14-30-26(33)18-10-17(11-18)23-21-12-20(28)13-22(29)25(21)31-24(23)16-5-7-19(27)8-6-16/h5-8,12-13,15,17-18,31-32H,2-4,9-11,14H2,1H3,(H,30,33)/t15?,17-,18-. The van der Waals surface area contributed by atoms with E-state index < -0.39 is 11.6 Å². The van der Waals surface area contributed by atoms with E-state index in [0.29, 0.717) is 41.9 Å². The van der Waals surface area contributed by atoms with E-state index in [1.165, 1.54) is 18.2 Å². The van der Waals surface area contributed by atoms with Crippen LogP contribution >= 0.6 is 0 Å². The van der Waals surface area contributed by atoms with Crippen LogP contribution in [0.25, 0.3) is 22.2 Å². The first-order valence-corrected chi connectivity index (χ1v) is 11.6. The van der Waals surface area contributed by atoms with Crippen molar-refractivity contribution in [2.75, 3.05) is 13.2 Å². The summed E-state index contributed by atoms with van der Waals surface area (Å²) in [6.45, 7) is 2.80. The molecule has 0 spiro atoms. The van der Waals surface area contributed by atoms with Gasteiger partial charge in [-0.25, -0.2) is 13.2 Å². The maximum absolute atomic E-state index is 14.5. The number of aromatic nitrogens is 1. The minimum absolute atomic E-state index is 0.00534. The minimum Gasteiger partial charge on any atom is -0.396 e. The number of halogens is 3. The first kappa shape index (κ1) is 23.4. The lowest BCUT2D eigenvalue weighted by Gasteiger charge is -2.35. The molecule has 1 atom stereocenters. The lowest BCUT2D eigenvalue weighted by molar-refractivity contribution is -0.128. The Balaban J connectivity index is 1.53. The van der Waals surface area contributed by atoms with Gasteiger partial charge in [-0.1, -0.05) is 13.3 Å². The third kappa shape index (κ3) is 4.93. The molecule has 1 heterocycles. The summed E-state index contributed by atoms with van der Waals surface area (Å²) in [6, 6.07) is 8.04. The van der Waals surface area contributed by atoms with Crippen molar-refractivity contribution in [3.8, 4) is 11.3 Å². The van der Waals surface area contributed by atoms with Crippen molar-refractivity contribution in [2.45, 2.75) is 44.9 Å². The highest BCUT2D eigenvalue weighted by Crippen LogP contribution is 2.48. The van der Waals surface area contributed by atoms with Crippen LogP contribution in [0.1, 0.15) is 50.5 Å². The van der Waals surface area contributed by atoms with Crippen molar-refractivity contribution in [1.82, 2.24) is 10.3 Å². The molecule has 33 heavy (non-hydrogen) atoms. The molecule has 3 aromatic rings. The van der Waals surface area contributed by atoms with E-state index in [1.807, 2.05) is 0 Å². The molecule has 1 unspecified atom stereocenters. The van der Waals surface area contributed by atoms with E-state index in [-0.39, 0.29) is 35.7 Å². The van der Waals surface area contributed by atoms with Crippen LogP contribution in [0.15, 0.2) is 36.4 Å². The van der Waals surface area contributed by atoms with Crippen LogP contribution in [0.3, 0.4) is 0 Å². The van der Waals surface area contributed by atoms with Gasteiger partial charge in [0, 0.05) is 30.5 Å². The molecular formula is C26H29F3N2O2. The second kappa shape index (κ2) is 10.00. The Morgan fingerprint density at radius 2 is 1.88 bits per heavy atom. The van der Waals surface area contributed by atoms with Crippen LogP contribution in [-0.2, 0) is 4.79 Å². The van der Waals surface area contributed by atoms with Gasteiger partial charge in [-0.15, -0.1) is 0 Å². The van der Waals surface area contributed by atoms with Crippen molar-refractivity contribution in [3.05, 3.63) is 59.4 Å². The molecule has 4 nitrogen and oxygen atoms in total. The normalized spacial score (nSPS) is 18.8. The number of nitrogens with one attached hydrogen (secondary N) is 2. The first-order valence-electron chi connectivity index (χ1n) is 11.6. The van der Waals surface area contributed by atoms with E-state index in [1.54, 1.807) is 12.1 Å². The molecule has 3 N–H and O–H groups in total. The fraction of sp³-hybridized carbons (Fsp3) is 0.423. The van der Waals surface area contributed by atoms with Gasteiger partial charge >= 0.3 is 0 Å². The number of carbonyl (C=O) groups is 1. The molecule has 0 bridgehead atoms. The summed E-state index contributed by atoms with van der Waals surface area (Å²) in [5.41, 5.74) is 2.31. The molecule has 1 aliphatic rings. The second-order valence-corrected chi connectivity index (χ2v) is 8.98. The molecular weight excluding hydrogens is 429 g/mol.